The first-order valence-corrected chi connectivity index (χ1v) is 12.7. The zero-order valence-corrected chi connectivity index (χ0v) is 20.3. The molecule has 0 spiro atoms. The minimum absolute atomic E-state index is 0.0850. The zero-order chi connectivity index (χ0) is 24.9. The molecule has 34 heavy (non-hydrogen) atoms. The van der Waals surface area contributed by atoms with Gasteiger partial charge >= 0.3 is 11.9 Å². The molecule has 3 rings (SSSR count). The number of ketones is 1. The maximum absolute atomic E-state index is 12.9. The molecule has 8 nitrogen and oxygen atoms in total. The molecule has 9 heteroatoms. The van der Waals surface area contributed by atoms with E-state index in [0.717, 1.165) is 16.7 Å². The van der Waals surface area contributed by atoms with Gasteiger partial charge < -0.3 is 9.47 Å². The Labute approximate surface area is 199 Å². The van der Waals surface area contributed by atoms with Gasteiger partial charge in [-0.15, -0.1) is 0 Å². The van der Waals surface area contributed by atoms with Gasteiger partial charge in [-0.1, -0.05) is 29.8 Å². The van der Waals surface area contributed by atoms with Crippen LogP contribution in [0.1, 0.15) is 47.3 Å². The summed E-state index contributed by atoms with van der Waals surface area (Å²) in [4.78, 5) is 37.4. The monoisotopic (exact) mass is 487 g/mol. The van der Waals surface area contributed by atoms with Gasteiger partial charge in [0.15, 0.2) is 11.7 Å². The molecule has 0 radical (unpaired) electrons. The van der Waals surface area contributed by atoms with E-state index in [4.69, 9.17) is 9.47 Å². The number of ether oxygens (including phenoxy) is 2. The number of esters is 2. The topological polar surface area (TPSA) is 116 Å². The maximum Gasteiger partial charge on any atom is 0.320 e. The second-order valence-electron chi connectivity index (χ2n) is 8.21. The van der Waals surface area contributed by atoms with Crippen molar-refractivity contribution in [3.63, 3.8) is 0 Å². The Balaban J connectivity index is 1.70. The van der Waals surface area contributed by atoms with Gasteiger partial charge in [-0.25, -0.2) is 13.1 Å². The molecule has 0 saturated carbocycles. The second-order valence-corrected chi connectivity index (χ2v) is 9.92. The zero-order valence-electron chi connectivity index (χ0n) is 19.5. The maximum atomic E-state index is 12.9. The minimum Gasteiger partial charge on any atom is -0.465 e. The van der Waals surface area contributed by atoms with E-state index >= 15 is 0 Å². The molecule has 0 saturated heterocycles. The molecule has 1 aliphatic rings. The van der Waals surface area contributed by atoms with Crippen LogP contribution in [0.25, 0.3) is 0 Å². The predicted molar refractivity (Wildman–Crippen MR) is 125 cm³/mol. The standard InChI is InChI=1S/C25H29NO7S/c1-4-32-24(28)22(25(29)33-5-2)15-23(27)18-9-8-17-13-20(14-19(17)12-18)26-34(30,31)21-10-6-16(3)7-11-21/h6-12,20,22,26H,4-5,13-15H2,1-3H3. The fourth-order valence-electron chi connectivity index (χ4n) is 3.93. The van der Waals surface area contributed by atoms with Crippen molar-refractivity contribution in [3.8, 4) is 0 Å². The van der Waals surface area contributed by atoms with Gasteiger partial charge in [0.2, 0.25) is 10.0 Å². The van der Waals surface area contributed by atoms with E-state index in [9.17, 15) is 22.8 Å². The Morgan fingerprint density at radius 1 is 0.941 bits per heavy atom. The summed E-state index contributed by atoms with van der Waals surface area (Å²) in [6, 6.07) is 11.4. The van der Waals surface area contributed by atoms with Gasteiger partial charge in [0.25, 0.3) is 0 Å². The average molecular weight is 488 g/mol. The summed E-state index contributed by atoms with van der Waals surface area (Å²) in [5.41, 5.74) is 3.11. The van der Waals surface area contributed by atoms with E-state index in [1.165, 1.54) is 0 Å². The highest BCUT2D eigenvalue weighted by atomic mass is 32.2. The molecule has 2 aromatic rings. The molecule has 1 unspecified atom stereocenters. The molecule has 0 amide bonds. The van der Waals surface area contributed by atoms with Crippen LogP contribution in [0.2, 0.25) is 0 Å². The van der Waals surface area contributed by atoms with Crippen LogP contribution in [0.5, 0.6) is 0 Å². The molecule has 0 aliphatic heterocycles. The number of Topliss-reactive ketones (excluding diaryl/α,β-unsaturated/α-hetero) is 1. The van der Waals surface area contributed by atoms with E-state index < -0.39 is 33.7 Å². The predicted octanol–water partition coefficient (Wildman–Crippen LogP) is 2.76. The third-order valence-corrected chi connectivity index (χ3v) is 7.18. The number of benzene rings is 2. The van der Waals surface area contributed by atoms with Crippen LogP contribution in [0, 0.1) is 12.8 Å². The average Bonchev–Trinajstić information content (AvgIpc) is 3.18. The summed E-state index contributed by atoms with van der Waals surface area (Å²) in [5.74, 6) is -3.30. The molecular weight excluding hydrogens is 458 g/mol. The second kappa shape index (κ2) is 10.9. The molecule has 0 fully saturated rings. The van der Waals surface area contributed by atoms with Crippen molar-refractivity contribution < 1.29 is 32.3 Å². The Kier molecular flexibility index (Phi) is 8.22. The first-order chi connectivity index (χ1) is 16.1. The number of carbonyl (C=O) groups excluding carboxylic acids is 3. The lowest BCUT2D eigenvalue weighted by Gasteiger charge is -2.14. The van der Waals surface area contributed by atoms with Gasteiger partial charge in [-0.05, 0) is 62.9 Å². The van der Waals surface area contributed by atoms with Crippen LogP contribution >= 0.6 is 0 Å². The van der Waals surface area contributed by atoms with E-state index in [1.54, 1.807) is 56.3 Å². The number of hydrogen-bond acceptors (Lipinski definition) is 7. The van der Waals surface area contributed by atoms with Crippen molar-refractivity contribution in [3.05, 3.63) is 64.7 Å². The molecule has 1 aliphatic carbocycles. The number of nitrogens with one attached hydrogen (secondary N) is 1. The van der Waals surface area contributed by atoms with Gasteiger partial charge in [0.1, 0.15) is 0 Å². The molecule has 0 heterocycles. The van der Waals surface area contributed by atoms with Crippen LogP contribution in [0.15, 0.2) is 47.4 Å². The number of rotatable bonds is 10. The van der Waals surface area contributed by atoms with Crippen LogP contribution in [-0.4, -0.2) is 45.4 Å². The third-order valence-electron chi connectivity index (χ3n) is 5.65. The van der Waals surface area contributed by atoms with Crippen LogP contribution in [0.3, 0.4) is 0 Å². The highest BCUT2D eigenvalue weighted by Crippen LogP contribution is 2.26. The SMILES string of the molecule is CCOC(=O)C(CC(=O)c1ccc2c(c1)CC(NS(=O)(=O)c1ccc(C)cc1)C2)C(=O)OCC. The first kappa shape index (κ1) is 25.6. The number of fused-ring (bicyclic) bond motifs is 1. The molecule has 2 aromatic carbocycles. The summed E-state index contributed by atoms with van der Waals surface area (Å²) in [7, 11) is -3.67. The lowest BCUT2D eigenvalue weighted by atomic mass is 9.96. The Morgan fingerprint density at radius 3 is 2.12 bits per heavy atom. The number of aryl methyl sites for hydroxylation is 1. The largest absolute Gasteiger partial charge is 0.465 e. The minimum atomic E-state index is -3.67. The summed E-state index contributed by atoms with van der Waals surface area (Å²) in [6.07, 6.45) is 0.573. The molecule has 0 bridgehead atoms. The van der Waals surface area contributed by atoms with E-state index in [2.05, 4.69) is 4.72 Å². The van der Waals surface area contributed by atoms with Crippen molar-refractivity contribution in [2.24, 2.45) is 5.92 Å². The van der Waals surface area contributed by atoms with E-state index in [0.29, 0.717) is 18.4 Å². The van der Waals surface area contributed by atoms with Crippen LogP contribution in [-0.2, 0) is 41.9 Å². The lowest BCUT2D eigenvalue weighted by molar-refractivity contribution is -0.161. The molecule has 1 atom stereocenters. The van der Waals surface area contributed by atoms with Crippen molar-refractivity contribution in [1.29, 1.82) is 0 Å². The molecular formula is C25H29NO7S. The Bertz CT molecular complexity index is 1150. The van der Waals surface area contributed by atoms with Crippen LogP contribution in [0.4, 0.5) is 0 Å². The van der Waals surface area contributed by atoms with Crippen molar-refractivity contribution in [2.45, 2.75) is 51.0 Å². The molecule has 1 N–H and O–H groups in total. The highest BCUT2D eigenvalue weighted by Gasteiger charge is 2.33. The first-order valence-electron chi connectivity index (χ1n) is 11.2. The third kappa shape index (κ3) is 6.09. The number of sulfonamides is 1. The van der Waals surface area contributed by atoms with Gasteiger partial charge in [0.05, 0.1) is 18.1 Å². The lowest BCUT2D eigenvalue weighted by Crippen LogP contribution is -2.35. The highest BCUT2D eigenvalue weighted by molar-refractivity contribution is 7.89. The van der Waals surface area contributed by atoms with E-state index in [-0.39, 0.29) is 30.6 Å². The Hall–Kier alpha value is -3.04. The summed E-state index contributed by atoms with van der Waals surface area (Å²) >= 11 is 0. The van der Waals surface area contributed by atoms with Crippen LogP contribution < -0.4 is 4.72 Å². The van der Waals surface area contributed by atoms with Crippen molar-refractivity contribution in [2.75, 3.05) is 13.2 Å². The molecule has 0 aromatic heterocycles. The fourth-order valence-corrected chi connectivity index (χ4v) is 5.17. The van der Waals surface area contributed by atoms with Crippen molar-refractivity contribution >= 4 is 27.7 Å². The van der Waals surface area contributed by atoms with Gasteiger partial charge in [0, 0.05) is 18.0 Å². The van der Waals surface area contributed by atoms with Crippen molar-refractivity contribution in [1.82, 2.24) is 4.72 Å². The summed E-state index contributed by atoms with van der Waals surface area (Å²) in [5, 5.41) is 0. The normalized spacial score (nSPS) is 15.1. The smallest absolute Gasteiger partial charge is 0.320 e. The van der Waals surface area contributed by atoms with E-state index in [1.807, 2.05) is 6.92 Å². The van der Waals surface area contributed by atoms with Gasteiger partial charge in [-0.2, -0.15) is 0 Å². The quantitative estimate of drug-likeness (QED) is 0.311. The Morgan fingerprint density at radius 2 is 1.53 bits per heavy atom. The number of hydrogen-bond donors (Lipinski definition) is 1. The summed E-state index contributed by atoms with van der Waals surface area (Å²) in [6.45, 7) is 5.29. The fraction of sp³-hybridized carbons (Fsp3) is 0.400. The molecule has 182 valence electrons. The summed E-state index contributed by atoms with van der Waals surface area (Å²) < 4.78 is 38.1. The van der Waals surface area contributed by atoms with Gasteiger partial charge in [-0.3, -0.25) is 14.4 Å². The number of carbonyl (C=O) groups is 3.